The number of nitrogens with zero attached hydrogens (tertiary/aromatic N) is 4. The number of pyridine rings is 1. The van der Waals surface area contributed by atoms with Crippen molar-refractivity contribution in [3.05, 3.63) is 45.7 Å². The topological polar surface area (TPSA) is 45.4 Å². The van der Waals surface area contributed by atoms with Crippen molar-refractivity contribution < 1.29 is 8.78 Å². The van der Waals surface area contributed by atoms with Gasteiger partial charge in [-0.15, -0.1) is 4.98 Å². The molecule has 15 heavy (non-hydrogen) atoms. The Morgan fingerprint density at radius 1 is 1.33 bits per heavy atom. The molecule has 1 aromatic heterocycles. The van der Waals surface area contributed by atoms with Gasteiger partial charge in [0.25, 0.3) is 5.69 Å². The molecule has 0 unspecified atom stereocenters. The molecule has 1 aromatic rings. The van der Waals surface area contributed by atoms with E-state index in [-0.39, 0.29) is 0 Å². The molecule has 0 bridgehead atoms. The van der Waals surface area contributed by atoms with E-state index in [9.17, 15) is 8.78 Å². The highest BCUT2D eigenvalue weighted by Crippen LogP contribution is 2.24. The summed E-state index contributed by atoms with van der Waals surface area (Å²) < 4.78 is 26.5. The standard InChI is InChI=1S/C9H2F2N4/c1-13-4-5-7(10)6(3-12)15-9(14-2)8(5)11/h4H2. The van der Waals surface area contributed by atoms with E-state index in [0.29, 0.717) is 0 Å². The third-order valence-electron chi connectivity index (χ3n) is 1.60. The molecule has 4 nitrogen and oxygen atoms in total. The lowest BCUT2D eigenvalue weighted by molar-refractivity contribution is 0.554. The number of hydrogen-bond donors (Lipinski definition) is 0. The van der Waals surface area contributed by atoms with Crippen LogP contribution in [0.2, 0.25) is 0 Å². The van der Waals surface area contributed by atoms with Crippen LogP contribution in [0.1, 0.15) is 11.3 Å². The molecule has 0 saturated heterocycles. The molecule has 1 heterocycles. The smallest absolute Gasteiger partial charge is 0.307 e. The van der Waals surface area contributed by atoms with E-state index in [1.807, 2.05) is 0 Å². The SMILES string of the molecule is [C-]#[N+]Cc1c(F)c(C#N)nc([N+]#[C-])c1F. The zero-order chi connectivity index (χ0) is 11.4. The van der Waals surface area contributed by atoms with Gasteiger partial charge in [-0.3, -0.25) is 0 Å². The third-order valence-corrected chi connectivity index (χ3v) is 1.60. The van der Waals surface area contributed by atoms with Gasteiger partial charge in [-0.25, -0.2) is 15.4 Å². The molecule has 0 atom stereocenters. The Hall–Kier alpha value is -2.52. The first-order valence-electron chi connectivity index (χ1n) is 3.64. The number of hydrogen-bond acceptors (Lipinski definition) is 2. The summed E-state index contributed by atoms with van der Waals surface area (Å²) in [7, 11) is 0. The van der Waals surface area contributed by atoms with Crippen LogP contribution in [0.25, 0.3) is 9.69 Å². The molecular weight excluding hydrogens is 202 g/mol. The summed E-state index contributed by atoms with van der Waals surface area (Å²) in [5, 5.41) is 8.47. The van der Waals surface area contributed by atoms with Crippen molar-refractivity contribution in [1.82, 2.24) is 4.98 Å². The first-order valence-corrected chi connectivity index (χ1v) is 3.64. The lowest BCUT2D eigenvalue weighted by Gasteiger charge is -1.99. The fourth-order valence-electron chi connectivity index (χ4n) is 0.944. The maximum Gasteiger partial charge on any atom is 0.307 e. The molecule has 0 aliphatic rings. The largest absolute Gasteiger partial charge is 0.358 e. The molecular formula is C9H2F2N4. The molecule has 0 amide bonds. The minimum absolute atomic E-state index is 0.558. The van der Waals surface area contributed by atoms with Gasteiger partial charge in [0.05, 0.1) is 5.56 Å². The Morgan fingerprint density at radius 2 is 2.00 bits per heavy atom. The Balaban J connectivity index is 3.58. The maximum absolute atomic E-state index is 13.3. The van der Waals surface area contributed by atoms with E-state index in [2.05, 4.69) is 14.7 Å². The van der Waals surface area contributed by atoms with Gasteiger partial charge in [-0.2, -0.15) is 5.26 Å². The maximum atomic E-state index is 13.3. The quantitative estimate of drug-likeness (QED) is 0.658. The van der Waals surface area contributed by atoms with Gasteiger partial charge in [-0.05, 0) is 0 Å². The fraction of sp³-hybridized carbons (Fsp3) is 0.111. The van der Waals surface area contributed by atoms with Gasteiger partial charge < -0.3 is 9.69 Å². The van der Waals surface area contributed by atoms with Crippen LogP contribution in [-0.4, -0.2) is 4.98 Å². The molecule has 6 heteroatoms. The van der Waals surface area contributed by atoms with Crippen LogP contribution in [0.3, 0.4) is 0 Å². The predicted molar refractivity (Wildman–Crippen MR) is 45.4 cm³/mol. The van der Waals surface area contributed by atoms with E-state index in [0.717, 1.165) is 0 Å². The van der Waals surface area contributed by atoms with Crippen LogP contribution in [0.5, 0.6) is 0 Å². The first-order chi connectivity index (χ1) is 7.15. The Kier molecular flexibility index (Phi) is 2.91. The first kappa shape index (κ1) is 10.6. The van der Waals surface area contributed by atoms with Crippen molar-refractivity contribution in [3.8, 4) is 6.07 Å². The summed E-state index contributed by atoms with van der Waals surface area (Å²) in [6, 6.07) is 1.40. The summed E-state index contributed by atoms with van der Waals surface area (Å²) in [5.74, 6) is -3.03. The average molecular weight is 204 g/mol. The third kappa shape index (κ3) is 1.72. The van der Waals surface area contributed by atoms with Crippen molar-refractivity contribution in [1.29, 1.82) is 5.26 Å². The second kappa shape index (κ2) is 4.13. The monoisotopic (exact) mass is 204 g/mol. The minimum Gasteiger partial charge on any atom is -0.358 e. The fourth-order valence-corrected chi connectivity index (χ4v) is 0.944. The second-order valence-corrected chi connectivity index (χ2v) is 2.43. The van der Waals surface area contributed by atoms with E-state index < -0.39 is 35.3 Å². The Bertz CT molecular complexity index is 493. The summed E-state index contributed by atoms with van der Waals surface area (Å²) in [4.78, 5) is 8.70. The van der Waals surface area contributed by atoms with E-state index >= 15 is 0 Å². The van der Waals surface area contributed by atoms with Crippen LogP contribution >= 0.6 is 0 Å². The zero-order valence-corrected chi connectivity index (χ0v) is 7.25. The number of nitriles is 1. The number of aromatic nitrogens is 1. The van der Waals surface area contributed by atoms with Gasteiger partial charge >= 0.3 is 5.82 Å². The highest BCUT2D eigenvalue weighted by molar-refractivity contribution is 5.46. The van der Waals surface area contributed by atoms with Crippen molar-refractivity contribution >= 4 is 5.82 Å². The Morgan fingerprint density at radius 3 is 2.47 bits per heavy atom. The highest BCUT2D eigenvalue weighted by atomic mass is 19.1. The summed E-state index contributed by atoms with van der Waals surface area (Å²) >= 11 is 0. The normalized spacial score (nSPS) is 8.73. The van der Waals surface area contributed by atoms with Crippen LogP contribution in [0.15, 0.2) is 0 Å². The molecule has 0 aliphatic carbocycles. The van der Waals surface area contributed by atoms with E-state index in [4.69, 9.17) is 18.4 Å². The van der Waals surface area contributed by atoms with Gasteiger partial charge in [0.1, 0.15) is 6.07 Å². The number of rotatable bonds is 1. The highest BCUT2D eigenvalue weighted by Gasteiger charge is 2.23. The van der Waals surface area contributed by atoms with E-state index in [1.165, 1.54) is 6.07 Å². The van der Waals surface area contributed by atoms with Crippen molar-refractivity contribution in [3.63, 3.8) is 0 Å². The van der Waals surface area contributed by atoms with Crippen molar-refractivity contribution in [2.24, 2.45) is 0 Å². The zero-order valence-electron chi connectivity index (χ0n) is 7.25. The lowest BCUT2D eigenvalue weighted by Crippen LogP contribution is -2.00. The minimum atomic E-state index is -1.17. The molecule has 0 aliphatic heterocycles. The number of halogens is 2. The van der Waals surface area contributed by atoms with Gasteiger partial charge in [0, 0.05) is 0 Å². The summed E-state index contributed by atoms with van der Waals surface area (Å²) in [5.41, 5.74) is -1.25. The molecule has 1 rings (SSSR count). The van der Waals surface area contributed by atoms with Crippen LogP contribution in [0, 0.1) is 36.1 Å². The molecule has 0 N–H and O–H groups in total. The van der Waals surface area contributed by atoms with Crippen LogP contribution in [0.4, 0.5) is 14.6 Å². The summed E-state index contributed by atoms with van der Waals surface area (Å²) in [6.07, 6.45) is 0. The second-order valence-electron chi connectivity index (χ2n) is 2.43. The average Bonchev–Trinajstić information content (AvgIpc) is 2.25. The molecule has 0 aromatic carbocycles. The van der Waals surface area contributed by atoms with Gasteiger partial charge in [0.2, 0.25) is 6.54 Å². The molecule has 0 radical (unpaired) electrons. The van der Waals surface area contributed by atoms with Gasteiger partial charge in [-0.1, -0.05) is 6.57 Å². The van der Waals surface area contributed by atoms with Crippen LogP contribution in [-0.2, 0) is 6.54 Å². The summed E-state index contributed by atoms with van der Waals surface area (Å²) in [6.45, 7) is 12.5. The molecule has 0 spiro atoms. The van der Waals surface area contributed by atoms with Gasteiger partial charge in [0.15, 0.2) is 11.6 Å². The Labute approximate surface area is 84.0 Å². The van der Waals surface area contributed by atoms with E-state index in [1.54, 1.807) is 0 Å². The van der Waals surface area contributed by atoms with Crippen molar-refractivity contribution in [2.75, 3.05) is 0 Å². The molecule has 0 fully saturated rings. The predicted octanol–water partition coefficient (Wildman–Crippen LogP) is 2.20. The molecule has 0 saturated carbocycles. The molecule has 72 valence electrons. The van der Waals surface area contributed by atoms with Crippen LogP contribution < -0.4 is 0 Å². The lowest BCUT2D eigenvalue weighted by atomic mass is 10.2. The van der Waals surface area contributed by atoms with Crippen molar-refractivity contribution in [2.45, 2.75) is 6.54 Å².